The predicted octanol–water partition coefficient (Wildman–Crippen LogP) is 5.38. The lowest BCUT2D eigenvalue weighted by molar-refractivity contribution is -0.385. The molecule has 0 aliphatic carbocycles. The standard InChI is InChI=1S/C24H15N3O4/c28-22-10-9-18(27(29)30)12-16(22)14-25-17-8-11-23-21(13-17)26-24(31-23)20-7-3-5-15-4-1-2-6-19(15)20/h1-14,28H/p-1. The summed E-state index contributed by atoms with van der Waals surface area (Å²) in [5.41, 5.74) is 2.67. The van der Waals surface area contributed by atoms with Crippen molar-refractivity contribution >= 4 is 39.5 Å². The first-order valence-corrected chi connectivity index (χ1v) is 9.47. The van der Waals surface area contributed by atoms with Crippen LogP contribution in [-0.4, -0.2) is 16.1 Å². The Kier molecular flexibility index (Phi) is 4.41. The van der Waals surface area contributed by atoms with E-state index >= 15 is 0 Å². The lowest BCUT2D eigenvalue weighted by atomic mass is 10.0. The fourth-order valence-corrected chi connectivity index (χ4v) is 3.42. The topological polar surface area (TPSA) is 105 Å². The minimum atomic E-state index is -0.549. The fraction of sp³-hybridized carbons (Fsp3) is 0. The maximum absolute atomic E-state index is 12.0. The van der Waals surface area contributed by atoms with Crippen molar-refractivity contribution in [2.24, 2.45) is 4.99 Å². The largest absolute Gasteiger partial charge is 0.872 e. The molecule has 0 unspecified atom stereocenters. The zero-order valence-corrected chi connectivity index (χ0v) is 16.1. The van der Waals surface area contributed by atoms with Gasteiger partial charge in [0.25, 0.3) is 5.69 Å². The molecular weight excluding hydrogens is 394 g/mol. The van der Waals surface area contributed by atoms with Crippen LogP contribution in [0, 0.1) is 10.1 Å². The van der Waals surface area contributed by atoms with Gasteiger partial charge in [-0.25, -0.2) is 4.98 Å². The Bertz CT molecular complexity index is 1480. The molecule has 0 saturated carbocycles. The SMILES string of the molecule is O=[N+]([O-])c1ccc([O-])c(C=Nc2ccc3oc(-c4cccc5ccccc45)nc3c2)c1. The molecule has 0 bridgehead atoms. The van der Waals surface area contributed by atoms with Gasteiger partial charge in [0.15, 0.2) is 5.58 Å². The van der Waals surface area contributed by atoms with E-state index in [1.165, 1.54) is 18.3 Å². The number of hydrogen-bond donors (Lipinski definition) is 0. The molecule has 1 aromatic heterocycles. The Hall–Kier alpha value is -4.52. The lowest BCUT2D eigenvalue weighted by Crippen LogP contribution is -1.98. The summed E-state index contributed by atoms with van der Waals surface area (Å²) in [6.07, 6.45) is 1.32. The van der Waals surface area contributed by atoms with Gasteiger partial charge < -0.3 is 9.52 Å². The molecule has 4 aromatic carbocycles. The van der Waals surface area contributed by atoms with E-state index in [0.717, 1.165) is 22.4 Å². The maximum atomic E-state index is 12.0. The molecule has 0 spiro atoms. The van der Waals surface area contributed by atoms with Gasteiger partial charge in [-0.2, -0.15) is 0 Å². The number of fused-ring (bicyclic) bond motifs is 2. The Morgan fingerprint density at radius 1 is 0.968 bits per heavy atom. The number of oxazole rings is 1. The summed E-state index contributed by atoms with van der Waals surface area (Å²) in [4.78, 5) is 19.3. The quantitative estimate of drug-likeness (QED) is 0.225. The minimum absolute atomic E-state index is 0.144. The lowest BCUT2D eigenvalue weighted by Gasteiger charge is -2.08. The third kappa shape index (κ3) is 3.49. The predicted molar refractivity (Wildman–Crippen MR) is 117 cm³/mol. The molecule has 0 fully saturated rings. The highest BCUT2D eigenvalue weighted by molar-refractivity contribution is 5.96. The van der Waals surface area contributed by atoms with Crippen molar-refractivity contribution in [1.82, 2.24) is 4.98 Å². The first-order chi connectivity index (χ1) is 15.1. The Balaban J connectivity index is 1.51. The number of rotatable bonds is 4. The van der Waals surface area contributed by atoms with Crippen LogP contribution in [0.3, 0.4) is 0 Å². The summed E-state index contributed by atoms with van der Waals surface area (Å²) in [6, 6.07) is 22.8. The Labute approximate surface area is 176 Å². The fourth-order valence-electron chi connectivity index (χ4n) is 3.42. The van der Waals surface area contributed by atoms with Gasteiger partial charge in [0, 0.05) is 23.9 Å². The number of nitrogens with zero attached hydrogens (tertiary/aromatic N) is 3. The highest BCUT2D eigenvalue weighted by Gasteiger charge is 2.12. The summed E-state index contributed by atoms with van der Waals surface area (Å²) in [5, 5.41) is 25.0. The smallest absolute Gasteiger partial charge is 0.270 e. The summed E-state index contributed by atoms with van der Waals surface area (Å²) in [5.74, 6) is 0.170. The van der Waals surface area contributed by atoms with Gasteiger partial charge in [-0.1, -0.05) is 48.2 Å². The second-order valence-electron chi connectivity index (χ2n) is 6.94. The zero-order chi connectivity index (χ0) is 21.4. The molecule has 0 saturated heterocycles. The van der Waals surface area contributed by atoms with Crippen LogP contribution in [0.1, 0.15) is 5.56 Å². The monoisotopic (exact) mass is 408 g/mol. The van der Waals surface area contributed by atoms with E-state index < -0.39 is 4.92 Å². The van der Waals surface area contributed by atoms with Crippen molar-refractivity contribution in [2.45, 2.75) is 0 Å². The average Bonchev–Trinajstić information content (AvgIpc) is 3.21. The van der Waals surface area contributed by atoms with Gasteiger partial charge in [-0.15, -0.1) is 0 Å². The number of aromatic nitrogens is 1. The van der Waals surface area contributed by atoms with Crippen molar-refractivity contribution in [2.75, 3.05) is 0 Å². The molecular formula is C24H14N3O4-. The summed E-state index contributed by atoms with van der Waals surface area (Å²) < 4.78 is 5.95. The highest BCUT2D eigenvalue weighted by Crippen LogP contribution is 2.32. The van der Waals surface area contributed by atoms with Crippen molar-refractivity contribution in [1.29, 1.82) is 0 Å². The number of non-ortho nitro benzene ring substituents is 1. The first kappa shape index (κ1) is 18.5. The normalized spacial score (nSPS) is 11.5. The van der Waals surface area contributed by atoms with E-state index in [1.807, 2.05) is 42.5 Å². The van der Waals surface area contributed by atoms with Crippen LogP contribution in [0.25, 0.3) is 33.3 Å². The van der Waals surface area contributed by atoms with Crippen molar-refractivity contribution in [3.05, 3.63) is 94.5 Å². The molecule has 5 rings (SSSR count). The maximum Gasteiger partial charge on any atom is 0.270 e. The summed E-state index contributed by atoms with van der Waals surface area (Å²) in [7, 11) is 0. The van der Waals surface area contributed by atoms with Crippen LogP contribution in [0.15, 0.2) is 88.3 Å². The molecule has 150 valence electrons. The van der Waals surface area contributed by atoms with Crippen LogP contribution in [0.5, 0.6) is 5.75 Å². The van der Waals surface area contributed by atoms with Crippen molar-refractivity contribution in [3.8, 4) is 17.2 Å². The van der Waals surface area contributed by atoms with Gasteiger partial charge in [0.05, 0.1) is 10.6 Å². The molecule has 0 radical (unpaired) electrons. The van der Waals surface area contributed by atoms with Crippen LogP contribution in [0.4, 0.5) is 11.4 Å². The molecule has 0 atom stereocenters. The highest BCUT2D eigenvalue weighted by atomic mass is 16.6. The van der Waals surface area contributed by atoms with Gasteiger partial charge in [0.1, 0.15) is 5.52 Å². The summed E-state index contributed by atoms with van der Waals surface area (Å²) >= 11 is 0. The van der Waals surface area contributed by atoms with E-state index in [2.05, 4.69) is 9.98 Å². The van der Waals surface area contributed by atoms with Gasteiger partial charge in [-0.05, 0) is 40.6 Å². The first-order valence-electron chi connectivity index (χ1n) is 9.47. The van der Waals surface area contributed by atoms with Gasteiger partial charge >= 0.3 is 0 Å². The van der Waals surface area contributed by atoms with E-state index in [-0.39, 0.29) is 17.0 Å². The third-order valence-corrected chi connectivity index (χ3v) is 4.95. The van der Waals surface area contributed by atoms with E-state index in [9.17, 15) is 15.2 Å². The third-order valence-electron chi connectivity index (χ3n) is 4.95. The number of benzene rings is 4. The Morgan fingerprint density at radius 3 is 2.68 bits per heavy atom. The molecule has 0 aliphatic rings. The molecule has 0 aliphatic heterocycles. The van der Waals surface area contributed by atoms with E-state index in [1.54, 1.807) is 18.2 Å². The van der Waals surface area contributed by atoms with Crippen LogP contribution in [0.2, 0.25) is 0 Å². The van der Waals surface area contributed by atoms with Crippen LogP contribution in [-0.2, 0) is 0 Å². The molecule has 7 nitrogen and oxygen atoms in total. The zero-order valence-electron chi connectivity index (χ0n) is 16.1. The number of nitro groups is 1. The van der Waals surface area contributed by atoms with E-state index in [0.29, 0.717) is 22.7 Å². The average molecular weight is 408 g/mol. The molecule has 31 heavy (non-hydrogen) atoms. The number of nitro benzene ring substituents is 1. The van der Waals surface area contributed by atoms with Crippen LogP contribution >= 0.6 is 0 Å². The molecule has 5 aromatic rings. The number of hydrogen-bond acceptors (Lipinski definition) is 6. The molecule has 0 N–H and O–H groups in total. The number of aliphatic imine (C=N–C) groups is 1. The second-order valence-corrected chi connectivity index (χ2v) is 6.94. The van der Waals surface area contributed by atoms with Gasteiger partial charge in [-0.3, -0.25) is 15.1 Å². The second kappa shape index (κ2) is 7.38. The molecule has 1 heterocycles. The molecule has 0 amide bonds. The summed E-state index contributed by atoms with van der Waals surface area (Å²) in [6.45, 7) is 0. The van der Waals surface area contributed by atoms with Crippen molar-refractivity contribution in [3.63, 3.8) is 0 Å². The van der Waals surface area contributed by atoms with Gasteiger partial charge in [0.2, 0.25) is 5.89 Å². The van der Waals surface area contributed by atoms with Crippen molar-refractivity contribution < 1.29 is 14.4 Å². The minimum Gasteiger partial charge on any atom is -0.872 e. The van der Waals surface area contributed by atoms with Crippen LogP contribution < -0.4 is 5.11 Å². The van der Waals surface area contributed by atoms with E-state index in [4.69, 9.17) is 4.42 Å². The molecule has 7 heteroatoms. The Morgan fingerprint density at radius 2 is 1.81 bits per heavy atom.